The highest BCUT2D eigenvalue weighted by Crippen LogP contribution is 2.26. The van der Waals surface area contributed by atoms with Gasteiger partial charge in [-0.3, -0.25) is 14.4 Å². The Labute approximate surface area is 252 Å². The number of nitrogens with one attached hydrogen (secondary N) is 3. The lowest BCUT2D eigenvalue weighted by atomic mass is 10.1. The lowest BCUT2D eigenvalue weighted by Crippen LogP contribution is -2.30. The van der Waals surface area contributed by atoms with Gasteiger partial charge in [0.05, 0.1) is 5.25 Å². The Balaban J connectivity index is 1.43. The molecule has 6 nitrogen and oxygen atoms in total. The van der Waals surface area contributed by atoms with Crippen molar-refractivity contribution in [1.29, 1.82) is 0 Å². The second kappa shape index (κ2) is 14.0. The van der Waals surface area contributed by atoms with E-state index in [4.69, 9.17) is 0 Å². The monoisotopic (exact) mass is 627 g/mol. The van der Waals surface area contributed by atoms with E-state index in [1.807, 2.05) is 75.4 Å². The van der Waals surface area contributed by atoms with Crippen molar-refractivity contribution in [3.05, 3.63) is 129 Å². The molecule has 3 N–H and O–H groups in total. The number of thioether (sulfide) groups is 1. The van der Waals surface area contributed by atoms with Crippen molar-refractivity contribution >= 4 is 62.9 Å². The van der Waals surface area contributed by atoms with Crippen molar-refractivity contribution in [2.24, 2.45) is 0 Å². The summed E-state index contributed by atoms with van der Waals surface area (Å²) in [5.74, 6) is -0.938. The quantitative estimate of drug-likeness (QED) is 0.132. The first-order valence-electron chi connectivity index (χ1n) is 13.0. The molecule has 0 saturated heterocycles. The third-order valence-electron chi connectivity index (χ3n) is 5.97. The number of hydrogen-bond acceptors (Lipinski definition) is 4. The van der Waals surface area contributed by atoms with E-state index >= 15 is 0 Å². The molecule has 3 amide bonds. The van der Waals surface area contributed by atoms with Crippen LogP contribution in [-0.4, -0.2) is 23.0 Å². The van der Waals surface area contributed by atoms with Crippen LogP contribution in [0.15, 0.2) is 112 Å². The lowest BCUT2D eigenvalue weighted by Gasteiger charge is -2.14. The van der Waals surface area contributed by atoms with Crippen LogP contribution in [0.1, 0.15) is 34.0 Å². The molecule has 1 unspecified atom stereocenters. The second-order valence-electron chi connectivity index (χ2n) is 9.54. The molecule has 0 spiro atoms. The SMILES string of the molecule is Cc1cc(C)cc(NC(=O)C(C)Sc2ccc(NC(=O)/C(=C/c3cccc(Br)c3)NC(=O)c3ccccc3)cc2)c1. The molecule has 8 heteroatoms. The van der Waals surface area contributed by atoms with E-state index in [9.17, 15) is 14.4 Å². The zero-order chi connectivity index (χ0) is 29.4. The van der Waals surface area contributed by atoms with Crippen LogP contribution in [0.25, 0.3) is 6.08 Å². The van der Waals surface area contributed by atoms with Crippen molar-refractivity contribution < 1.29 is 14.4 Å². The summed E-state index contributed by atoms with van der Waals surface area (Å²) < 4.78 is 0.852. The molecule has 41 heavy (non-hydrogen) atoms. The van der Waals surface area contributed by atoms with Crippen LogP contribution in [-0.2, 0) is 9.59 Å². The zero-order valence-corrected chi connectivity index (χ0v) is 25.3. The predicted molar refractivity (Wildman–Crippen MR) is 171 cm³/mol. The largest absolute Gasteiger partial charge is 0.325 e. The molecule has 0 aromatic heterocycles. The van der Waals surface area contributed by atoms with Gasteiger partial charge >= 0.3 is 0 Å². The number of anilines is 2. The summed E-state index contributed by atoms with van der Waals surface area (Å²) >= 11 is 4.87. The molecule has 4 aromatic carbocycles. The van der Waals surface area contributed by atoms with Gasteiger partial charge in [0, 0.05) is 26.3 Å². The molecule has 0 aliphatic rings. The summed E-state index contributed by atoms with van der Waals surface area (Å²) in [5.41, 5.74) is 4.81. The third kappa shape index (κ3) is 8.93. The fourth-order valence-corrected chi connectivity index (χ4v) is 5.35. The van der Waals surface area contributed by atoms with Gasteiger partial charge in [-0.2, -0.15) is 0 Å². The molecule has 4 rings (SSSR count). The number of rotatable bonds is 9. The second-order valence-corrected chi connectivity index (χ2v) is 11.9. The minimum Gasteiger partial charge on any atom is -0.325 e. The van der Waals surface area contributed by atoms with E-state index in [0.717, 1.165) is 31.7 Å². The van der Waals surface area contributed by atoms with E-state index in [1.165, 1.54) is 11.8 Å². The van der Waals surface area contributed by atoms with Crippen LogP contribution in [0.3, 0.4) is 0 Å². The standard InChI is InChI=1S/C33H30BrN3O3S/c1-21-16-22(2)18-28(17-21)36-31(38)23(3)41-29-14-12-27(13-15-29)35-33(40)30(20-24-8-7-11-26(34)19-24)37-32(39)25-9-5-4-6-10-25/h4-20,23H,1-3H3,(H,35,40)(H,36,38)(H,37,39)/b30-20-. The number of halogens is 1. The summed E-state index contributed by atoms with van der Waals surface area (Å²) in [6.45, 7) is 5.85. The van der Waals surface area contributed by atoms with E-state index in [-0.39, 0.29) is 22.8 Å². The molecule has 0 aliphatic heterocycles. The first kappa shape index (κ1) is 29.8. The molecule has 1 atom stereocenters. The number of carbonyl (C=O) groups excluding carboxylic acids is 3. The van der Waals surface area contributed by atoms with Gasteiger partial charge in [-0.15, -0.1) is 11.8 Å². The molecule has 0 aliphatic carbocycles. The molecule has 0 saturated carbocycles. The average molecular weight is 629 g/mol. The minimum absolute atomic E-state index is 0.0890. The molecule has 208 valence electrons. The van der Waals surface area contributed by atoms with Gasteiger partial charge in [-0.05, 0) is 104 Å². The highest BCUT2D eigenvalue weighted by atomic mass is 79.9. The summed E-state index contributed by atoms with van der Waals surface area (Å²) in [4.78, 5) is 39.8. The van der Waals surface area contributed by atoms with Crippen molar-refractivity contribution in [2.45, 2.75) is 30.9 Å². The average Bonchev–Trinajstić information content (AvgIpc) is 2.93. The summed E-state index contributed by atoms with van der Waals surface area (Å²) in [6.07, 6.45) is 1.63. The van der Waals surface area contributed by atoms with Gasteiger partial charge < -0.3 is 16.0 Å². The maximum absolute atomic E-state index is 13.3. The Morgan fingerprint density at radius 3 is 2.12 bits per heavy atom. The van der Waals surface area contributed by atoms with E-state index < -0.39 is 5.91 Å². The highest BCUT2D eigenvalue weighted by Gasteiger charge is 2.17. The summed E-state index contributed by atoms with van der Waals surface area (Å²) in [6, 6.07) is 29.3. The smallest absolute Gasteiger partial charge is 0.272 e. The zero-order valence-electron chi connectivity index (χ0n) is 22.9. The van der Waals surface area contributed by atoms with Crippen molar-refractivity contribution in [3.8, 4) is 0 Å². The van der Waals surface area contributed by atoms with Crippen LogP contribution in [0, 0.1) is 13.8 Å². The number of aryl methyl sites for hydroxylation is 2. The Morgan fingerprint density at radius 1 is 0.780 bits per heavy atom. The number of hydrogen-bond donors (Lipinski definition) is 3. The first-order valence-corrected chi connectivity index (χ1v) is 14.6. The van der Waals surface area contributed by atoms with E-state index in [0.29, 0.717) is 11.3 Å². The Kier molecular flexibility index (Phi) is 10.2. The van der Waals surface area contributed by atoms with Crippen molar-refractivity contribution in [2.75, 3.05) is 10.6 Å². The highest BCUT2D eigenvalue weighted by molar-refractivity contribution is 9.10. The molecular weight excluding hydrogens is 598 g/mol. The fraction of sp³-hybridized carbons (Fsp3) is 0.121. The molecular formula is C33H30BrN3O3S. The van der Waals surface area contributed by atoms with Crippen LogP contribution in [0.2, 0.25) is 0 Å². The number of amides is 3. The molecule has 0 bridgehead atoms. The topological polar surface area (TPSA) is 87.3 Å². The van der Waals surface area contributed by atoms with Gasteiger partial charge in [0.15, 0.2) is 0 Å². The van der Waals surface area contributed by atoms with Gasteiger partial charge in [0.2, 0.25) is 5.91 Å². The lowest BCUT2D eigenvalue weighted by molar-refractivity contribution is -0.115. The maximum atomic E-state index is 13.3. The summed E-state index contributed by atoms with van der Waals surface area (Å²) in [7, 11) is 0. The summed E-state index contributed by atoms with van der Waals surface area (Å²) in [5, 5.41) is 8.26. The van der Waals surface area contributed by atoms with Crippen LogP contribution in [0.4, 0.5) is 11.4 Å². The third-order valence-corrected chi connectivity index (χ3v) is 7.58. The molecule has 0 heterocycles. The van der Waals surface area contributed by atoms with Crippen molar-refractivity contribution in [1.82, 2.24) is 5.32 Å². The number of benzene rings is 4. The normalized spacial score (nSPS) is 11.9. The van der Waals surface area contributed by atoms with E-state index in [1.54, 1.807) is 42.5 Å². The number of carbonyl (C=O) groups is 3. The van der Waals surface area contributed by atoms with Crippen LogP contribution < -0.4 is 16.0 Å². The Morgan fingerprint density at radius 2 is 1.46 bits per heavy atom. The molecule has 0 radical (unpaired) electrons. The maximum Gasteiger partial charge on any atom is 0.272 e. The fourth-order valence-electron chi connectivity index (χ4n) is 4.07. The van der Waals surface area contributed by atoms with Gasteiger partial charge in [-0.1, -0.05) is 52.3 Å². The Hall–Kier alpha value is -4.14. The van der Waals surface area contributed by atoms with Gasteiger partial charge in [-0.25, -0.2) is 0 Å². The van der Waals surface area contributed by atoms with Crippen molar-refractivity contribution in [3.63, 3.8) is 0 Å². The van der Waals surface area contributed by atoms with Gasteiger partial charge in [0.25, 0.3) is 11.8 Å². The predicted octanol–water partition coefficient (Wildman–Crippen LogP) is 7.59. The molecule has 0 fully saturated rings. The Bertz CT molecular complexity index is 1570. The van der Waals surface area contributed by atoms with E-state index in [2.05, 4.69) is 37.9 Å². The minimum atomic E-state index is -0.462. The first-order chi connectivity index (χ1) is 19.7. The van der Waals surface area contributed by atoms with Crippen LogP contribution in [0.5, 0.6) is 0 Å². The molecule has 4 aromatic rings. The van der Waals surface area contributed by atoms with Gasteiger partial charge in [0.1, 0.15) is 5.70 Å². The van der Waals surface area contributed by atoms with Crippen LogP contribution >= 0.6 is 27.7 Å².